The second-order valence-electron chi connectivity index (χ2n) is 6.92. The molecule has 0 saturated carbocycles. The number of imide groups is 1. The lowest BCUT2D eigenvalue weighted by molar-refractivity contribution is -0.274. The van der Waals surface area contributed by atoms with Crippen LogP contribution in [0.2, 0.25) is 5.02 Å². The number of carbonyl (C=O) groups is 2. The van der Waals surface area contributed by atoms with Crippen molar-refractivity contribution in [3.8, 4) is 16.9 Å². The Morgan fingerprint density at radius 3 is 2.41 bits per heavy atom. The molecule has 3 amide bonds. The molecule has 0 radical (unpaired) electrons. The molecule has 6 nitrogen and oxygen atoms in total. The molecule has 2 heterocycles. The van der Waals surface area contributed by atoms with Gasteiger partial charge in [0, 0.05) is 35.1 Å². The number of ether oxygens (including phenoxy) is 1. The zero-order valence-electron chi connectivity index (χ0n) is 16.3. The van der Waals surface area contributed by atoms with Crippen LogP contribution in [0.5, 0.6) is 5.75 Å². The summed E-state index contributed by atoms with van der Waals surface area (Å²) in [7, 11) is 0. The third-order valence-electron chi connectivity index (χ3n) is 4.80. The number of rotatable bonds is 5. The van der Waals surface area contributed by atoms with Gasteiger partial charge in [-0.25, -0.2) is 9.69 Å². The lowest BCUT2D eigenvalue weighted by Gasteiger charge is -2.19. The van der Waals surface area contributed by atoms with E-state index in [4.69, 9.17) is 11.6 Å². The average molecular weight is 462 g/mol. The zero-order chi connectivity index (χ0) is 22.9. The van der Waals surface area contributed by atoms with Crippen LogP contribution in [-0.2, 0) is 11.3 Å². The number of amides is 3. The van der Waals surface area contributed by atoms with Crippen molar-refractivity contribution in [1.82, 2.24) is 9.88 Å². The topological polar surface area (TPSA) is 62.7 Å². The molecule has 1 aliphatic rings. The van der Waals surface area contributed by atoms with Gasteiger partial charge in [0.15, 0.2) is 0 Å². The van der Waals surface area contributed by atoms with Gasteiger partial charge in [0.05, 0.1) is 5.69 Å². The van der Waals surface area contributed by atoms with E-state index in [2.05, 4.69) is 9.72 Å². The third-order valence-corrected chi connectivity index (χ3v) is 5.13. The number of hydrogen-bond donors (Lipinski definition) is 0. The Morgan fingerprint density at radius 2 is 1.72 bits per heavy atom. The molecule has 1 saturated heterocycles. The highest BCUT2D eigenvalue weighted by Crippen LogP contribution is 2.32. The number of nitrogens with zero attached hydrogens (tertiary/aromatic N) is 3. The summed E-state index contributed by atoms with van der Waals surface area (Å²) in [4.78, 5) is 31.9. The lowest BCUT2D eigenvalue weighted by atomic mass is 10.0. The van der Waals surface area contributed by atoms with E-state index >= 15 is 0 Å². The van der Waals surface area contributed by atoms with Gasteiger partial charge in [0.25, 0.3) is 5.91 Å². The maximum atomic E-state index is 12.9. The van der Waals surface area contributed by atoms with Crippen molar-refractivity contribution in [3.63, 3.8) is 0 Å². The van der Waals surface area contributed by atoms with Crippen molar-refractivity contribution in [2.45, 2.75) is 12.9 Å². The van der Waals surface area contributed by atoms with E-state index in [0.29, 0.717) is 5.02 Å². The highest BCUT2D eigenvalue weighted by molar-refractivity contribution is 6.33. The van der Waals surface area contributed by atoms with Gasteiger partial charge < -0.3 is 9.64 Å². The van der Waals surface area contributed by atoms with E-state index < -0.39 is 24.1 Å². The Balaban J connectivity index is 1.55. The maximum Gasteiger partial charge on any atom is 0.573 e. The molecule has 10 heteroatoms. The van der Waals surface area contributed by atoms with Crippen molar-refractivity contribution in [3.05, 3.63) is 77.6 Å². The minimum Gasteiger partial charge on any atom is -0.406 e. The summed E-state index contributed by atoms with van der Waals surface area (Å²) < 4.78 is 40.9. The lowest BCUT2D eigenvalue weighted by Crippen LogP contribution is -2.32. The van der Waals surface area contributed by atoms with Gasteiger partial charge >= 0.3 is 12.4 Å². The predicted molar refractivity (Wildman–Crippen MR) is 111 cm³/mol. The number of halogens is 4. The molecular formula is C22H15ClF3N3O3. The van der Waals surface area contributed by atoms with E-state index in [1.807, 2.05) is 12.1 Å². The molecule has 32 heavy (non-hydrogen) atoms. The number of pyridine rings is 1. The molecule has 1 aromatic heterocycles. The molecule has 0 atom stereocenters. The Labute approximate surface area is 185 Å². The molecule has 1 fully saturated rings. The van der Waals surface area contributed by atoms with Gasteiger partial charge in [-0.1, -0.05) is 29.8 Å². The van der Waals surface area contributed by atoms with Crippen LogP contribution in [0.3, 0.4) is 0 Å². The number of anilines is 1. The summed E-state index contributed by atoms with van der Waals surface area (Å²) in [5.74, 6) is -0.939. The van der Waals surface area contributed by atoms with Gasteiger partial charge in [-0.15, -0.1) is 13.2 Å². The Hall–Kier alpha value is -3.59. The van der Waals surface area contributed by atoms with E-state index in [9.17, 15) is 22.8 Å². The van der Waals surface area contributed by atoms with Gasteiger partial charge in [-0.3, -0.25) is 9.78 Å². The minimum atomic E-state index is -4.83. The number of carbonyl (C=O) groups excluding carboxylic acids is 2. The van der Waals surface area contributed by atoms with Gasteiger partial charge in [0.1, 0.15) is 12.3 Å². The predicted octanol–water partition coefficient (Wildman–Crippen LogP) is 5.27. The van der Waals surface area contributed by atoms with Gasteiger partial charge in [-0.05, 0) is 42.0 Å². The molecule has 3 aromatic rings. The quantitative estimate of drug-likeness (QED) is 0.486. The van der Waals surface area contributed by atoms with Crippen LogP contribution in [0.15, 0.2) is 67.0 Å². The number of urea groups is 1. The Morgan fingerprint density at radius 1 is 1.00 bits per heavy atom. The fourth-order valence-electron chi connectivity index (χ4n) is 3.41. The SMILES string of the molecule is O=C1CN(Cc2ccncc2-c2ccccc2Cl)C(=O)N1c1ccc(OC(F)(F)F)cc1. The van der Waals surface area contributed by atoms with Crippen molar-refractivity contribution < 1.29 is 27.5 Å². The van der Waals surface area contributed by atoms with Crippen LogP contribution in [0.4, 0.5) is 23.7 Å². The second kappa shape index (κ2) is 8.51. The number of hydrogen-bond acceptors (Lipinski definition) is 4. The molecule has 0 N–H and O–H groups in total. The summed E-state index contributed by atoms with van der Waals surface area (Å²) in [5, 5.41) is 0.522. The first-order chi connectivity index (χ1) is 15.2. The number of alkyl halides is 3. The van der Waals surface area contributed by atoms with Crippen molar-refractivity contribution >= 4 is 29.2 Å². The monoisotopic (exact) mass is 461 g/mol. The highest BCUT2D eigenvalue weighted by Gasteiger charge is 2.37. The Bertz CT molecular complexity index is 1170. The number of aromatic nitrogens is 1. The first-order valence-electron chi connectivity index (χ1n) is 9.38. The van der Waals surface area contributed by atoms with Crippen LogP contribution in [0, 0.1) is 0 Å². The molecule has 2 aromatic carbocycles. The van der Waals surface area contributed by atoms with Crippen LogP contribution in [-0.4, -0.2) is 34.7 Å². The van der Waals surface area contributed by atoms with Gasteiger partial charge in [-0.2, -0.15) is 0 Å². The fourth-order valence-corrected chi connectivity index (χ4v) is 3.65. The fraction of sp³-hybridized carbons (Fsp3) is 0.136. The second-order valence-corrected chi connectivity index (χ2v) is 7.33. The van der Waals surface area contributed by atoms with E-state index in [-0.39, 0.29) is 18.8 Å². The summed E-state index contributed by atoms with van der Waals surface area (Å²) in [6.45, 7) is -0.0522. The normalized spacial score (nSPS) is 14.2. The Kier molecular flexibility index (Phi) is 5.75. The van der Waals surface area contributed by atoms with Crippen LogP contribution in [0.25, 0.3) is 11.1 Å². The van der Waals surface area contributed by atoms with Crippen molar-refractivity contribution in [1.29, 1.82) is 0 Å². The smallest absolute Gasteiger partial charge is 0.406 e. The van der Waals surface area contributed by atoms with Crippen LogP contribution in [0.1, 0.15) is 5.56 Å². The van der Waals surface area contributed by atoms with Crippen molar-refractivity contribution in [2.75, 3.05) is 11.4 Å². The number of benzene rings is 2. The largest absolute Gasteiger partial charge is 0.573 e. The molecule has 1 aliphatic heterocycles. The summed E-state index contributed by atoms with van der Waals surface area (Å²) in [6.07, 6.45) is -1.62. The summed E-state index contributed by atoms with van der Waals surface area (Å²) in [6, 6.07) is 12.9. The van der Waals surface area contributed by atoms with E-state index in [1.165, 1.54) is 17.0 Å². The zero-order valence-corrected chi connectivity index (χ0v) is 17.1. The van der Waals surface area contributed by atoms with Crippen molar-refractivity contribution in [2.24, 2.45) is 0 Å². The molecule has 0 spiro atoms. The molecule has 0 aliphatic carbocycles. The third kappa shape index (κ3) is 4.52. The minimum absolute atomic E-state index is 0.124. The van der Waals surface area contributed by atoms with Crippen LogP contribution >= 0.6 is 11.6 Å². The first kappa shape index (κ1) is 21.6. The van der Waals surface area contributed by atoms with E-state index in [1.54, 1.807) is 30.6 Å². The standard InChI is InChI=1S/C22H15ClF3N3O3/c23-19-4-2-1-3-17(19)18-11-27-10-9-14(18)12-28-13-20(30)29(21(28)31)15-5-7-16(8-6-15)32-22(24,25)26/h1-11H,12-13H2. The summed E-state index contributed by atoms with van der Waals surface area (Å²) >= 11 is 6.30. The molecule has 0 bridgehead atoms. The average Bonchev–Trinajstić information content (AvgIpc) is 3.01. The highest BCUT2D eigenvalue weighted by atomic mass is 35.5. The summed E-state index contributed by atoms with van der Waals surface area (Å²) in [5.41, 5.74) is 2.36. The maximum absolute atomic E-state index is 12.9. The van der Waals surface area contributed by atoms with Gasteiger partial charge in [0.2, 0.25) is 0 Å². The van der Waals surface area contributed by atoms with E-state index in [0.717, 1.165) is 33.7 Å². The molecule has 0 unspecified atom stereocenters. The van der Waals surface area contributed by atoms with Crippen LogP contribution < -0.4 is 9.64 Å². The molecule has 164 valence electrons. The molecule has 4 rings (SSSR count). The first-order valence-corrected chi connectivity index (χ1v) is 9.76. The molecular weight excluding hydrogens is 447 g/mol.